The summed E-state index contributed by atoms with van der Waals surface area (Å²) in [6, 6.07) is 10.8. The highest BCUT2D eigenvalue weighted by molar-refractivity contribution is 6.31. The SMILES string of the molecule is CC(=O)c1cc(Cl)cc(Nc2ccc3c(c2)OCCO3)c1. The molecule has 5 heteroatoms. The van der Waals surface area contributed by atoms with Gasteiger partial charge in [0, 0.05) is 28.0 Å². The molecule has 3 rings (SSSR count). The highest BCUT2D eigenvalue weighted by Gasteiger charge is 2.12. The second kappa shape index (κ2) is 5.66. The molecule has 0 bridgehead atoms. The number of ether oxygens (including phenoxy) is 2. The fourth-order valence-electron chi connectivity index (χ4n) is 2.15. The number of anilines is 2. The molecule has 0 atom stereocenters. The van der Waals surface area contributed by atoms with Crippen molar-refractivity contribution in [3.8, 4) is 11.5 Å². The predicted molar refractivity (Wildman–Crippen MR) is 82.2 cm³/mol. The van der Waals surface area contributed by atoms with E-state index in [1.165, 1.54) is 6.92 Å². The van der Waals surface area contributed by atoms with Crippen molar-refractivity contribution < 1.29 is 14.3 Å². The molecule has 2 aromatic carbocycles. The van der Waals surface area contributed by atoms with Gasteiger partial charge in [0.1, 0.15) is 13.2 Å². The molecule has 0 fully saturated rings. The molecule has 0 aromatic heterocycles. The van der Waals surface area contributed by atoms with Crippen LogP contribution in [0.4, 0.5) is 11.4 Å². The maximum atomic E-state index is 11.5. The van der Waals surface area contributed by atoms with Gasteiger partial charge >= 0.3 is 0 Å². The molecule has 1 aliphatic rings. The zero-order chi connectivity index (χ0) is 14.8. The van der Waals surface area contributed by atoms with E-state index in [0.717, 1.165) is 17.1 Å². The molecule has 1 N–H and O–H groups in total. The van der Waals surface area contributed by atoms with Crippen LogP contribution in [-0.2, 0) is 0 Å². The van der Waals surface area contributed by atoms with Gasteiger partial charge in [-0.05, 0) is 37.3 Å². The van der Waals surface area contributed by atoms with E-state index in [1.807, 2.05) is 18.2 Å². The van der Waals surface area contributed by atoms with Crippen LogP contribution in [0.3, 0.4) is 0 Å². The standard InChI is InChI=1S/C16H14ClNO3/c1-10(19)11-6-12(17)8-14(7-11)18-13-2-3-15-16(9-13)21-5-4-20-15/h2-3,6-9,18H,4-5H2,1H3. The van der Waals surface area contributed by atoms with E-state index in [4.69, 9.17) is 21.1 Å². The van der Waals surface area contributed by atoms with Gasteiger partial charge in [-0.3, -0.25) is 4.79 Å². The van der Waals surface area contributed by atoms with Gasteiger partial charge < -0.3 is 14.8 Å². The molecule has 21 heavy (non-hydrogen) atoms. The van der Waals surface area contributed by atoms with Crippen molar-refractivity contribution in [1.82, 2.24) is 0 Å². The third kappa shape index (κ3) is 3.11. The molecule has 2 aromatic rings. The van der Waals surface area contributed by atoms with E-state index in [9.17, 15) is 4.79 Å². The number of hydrogen-bond acceptors (Lipinski definition) is 4. The normalized spacial score (nSPS) is 12.9. The van der Waals surface area contributed by atoms with E-state index in [1.54, 1.807) is 18.2 Å². The predicted octanol–water partition coefficient (Wildman–Crippen LogP) is 4.06. The lowest BCUT2D eigenvalue weighted by Gasteiger charge is -2.19. The third-order valence-electron chi connectivity index (χ3n) is 3.14. The molecule has 0 aliphatic carbocycles. The summed E-state index contributed by atoms with van der Waals surface area (Å²) in [5.41, 5.74) is 2.17. The van der Waals surface area contributed by atoms with Crippen LogP contribution in [-0.4, -0.2) is 19.0 Å². The Labute approximate surface area is 127 Å². The topological polar surface area (TPSA) is 47.6 Å². The molecule has 0 amide bonds. The van der Waals surface area contributed by atoms with Crippen LogP contribution in [0.2, 0.25) is 5.02 Å². The van der Waals surface area contributed by atoms with Crippen LogP contribution >= 0.6 is 11.6 Å². The summed E-state index contributed by atoms with van der Waals surface area (Å²) in [5, 5.41) is 3.73. The number of rotatable bonds is 3. The zero-order valence-corrected chi connectivity index (χ0v) is 12.2. The zero-order valence-electron chi connectivity index (χ0n) is 11.5. The molecule has 0 radical (unpaired) electrons. The second-order valence-corrected chi connectivity index (χ2v) is 5.20. The first-order chi connectivity index (χ1) is 10.1. The Morgan fingerprint density at radius 3 is 2.57 bits per heavy atom. The summed E-state index contributed by atoms with van der Waals surface area (Å²) in [4.78, 5) is 11.5. The second-order valence-electron chi connectivity index (χ2n) is 4.77. The largest absolute Gasteiger partial charge is 0.486 e. The van der Waals surface area contributed by atoms with Gasteiger partial charge in [-0.2, -0.15) is 0 Å². The molecule has 108 valence electrons. The van der Waals surface area contributed by atoms with Gasteiger partial charge in [-0.25, -0.2) is 0 Å². The number of nitrogens with one attached hydrogen (secondary N) is 1. The highest BCUT2D eigenvalue weighted by atomic mass is 35.5. The Balaban J connectivity index is 1.88. The van der Waals surface area contributed by atoms with Crippen LogP contribution < -0.4 is 14.8 Å². The van der Waals surface area contributed by atoms with Crippen molar-refractivity contribution in [1.29, 1.82) is 0 Å². The van der Waals surface area contributed by atoms with Crippen molar-refractivity contribution in [2.45, 2.75) is 6.92 Å². The molecule has 0 saturated carbocycles. The maximum absolute atomic E-state index is 11.5. The van der Waals surface area contributed by atoms with Crippen LogP contribution in [0.15, 0.2) is 36.4 Å². The maximum Gasteiger partial charge on any atom is 0.163 e. The summed E-state index contributed by atoms with van der Waals surface area (Å²) < 4.78 is 11.0. The lowest BCUT2D eigenvalue weighted by atomic mass is 10.1. The first-order valence-electron chi connectivity index (χ1n) is 6.60. The van der Waals surface area contributed by atoms with E-state index >= 15 is 0 Å². The molecule has 1 heterocycles. The molecule has 0 spiro atoms. The number of Topliss-reactive ketones (excluding diaryl/α,β-unsaturated/α-hetero) is 1. The Morgan fingerprint density at radius 2 is 1.81 bits per heavy atom. The fourth-order valence-corrected chi connectivity index (χ4v) is 2.39. The van der Waals surface area contributed by atoms with E-state index < -0.39 is 0 Å². The van der Waals surface area contributed by atoms with E-state index in [-0.39, 0.29) is 5.78 Å². The number of carbonyl (C=O) groups excluding carboxylic acids is 1. The lowest BCUT2D eigenvalue weighted by molar-refractivity contribution is 0.101. The van der Waals surface area contributed by atoms with Crippen LogP contribution in [0, 0.1) is 0 Å². The number of benzene rings is 2. The monoisotopic (exact) mass is 303 g/mol. The van der Waals surface area contributed by atoms with Crippen molar-refractivity contribution in [2.24, 2.45) is 0 Å². The number of halogens is 1. The van der Waals surface area contributed by atoms with Crippen LogP contribution in [0.5, 0.6) is 11.5 Å². The smallest absolute Gasteiger partial charge is 0.163 e. The van der Waals surface area contributed by atoms with Crippen LogP contribution in [0.25, 0.3) is 0 Å². The summed E-state index contributed by atoms with van der Waals surface area (Å²) in [5.74, 6) is 1.42. The Kier molecular flexibility index (Phi) is 3.71. The first kappa shape index (κ1) is 13.8. The van der Waals surface area contributed by atoms with Crippen molar-refractivity contribution >= 4 is 28.8 Å². The number of fused-ring (bicyclic) bond motifs is 1. The third-order valence-corrected chi connectivity index (χ3v) is 3.35. The highest BCUT2D eigenvalue weighted by Crippen LogP contribution is 2.34. The van der Waals surface area contributed by atoms with Gasteiger partial charge in [0.2, 0.25) is 0 Å². The molecular weight excluding hydrogens is 290 g/mol. The average Bonchev–Trinajstić information content (AvgIpc) is 2.46. The number of carbonyl (C=O) groups is 1. The minimum Gasteiger partial charge on any atom is -0.486 e. The van der Waals surface area contributed by atoms with Crippen molar-refractivity contribution in [2.75, 3.05) is 18.5 Å². The van der Waals surface area contributed by atoms with Gasteiger partial charge in [0.05, 0.1) is 0 Å². The molecule has 0 unspecified atom stereocenters. The quantitative estimate of drug-likeness (QED) is 0.869. The first-order valence-corrected chi connectivity index (χ1v) is 6.98. The minimum absolute atomic E-state index is 0.0253. The molecule has 1 aliphatic heterocycles. The average molecular weight is 304 g/mol. The van der Waals surface area contributed by atoms with E-state index in [2.05, 4.69) is 5.32 Å². The Bertz CT molecular complexity index is 700. The van der Waals surface area contributed by atoms with Gasteiger partial charge in [-0.15, -0.1) is 0 Å². The Morgan fingerprint density at radius 1 is 1.05 bits per heavy atom. The minimum atomic E-state index is -0.0253. The summed E-state index contributed by atoms with van der Waals surface area (Å²) in [6.45, 7) is 2.62. The summed E-state index contributed by atoms with van der Waals surface area (Å²) in [7, 11) is 0. The number of hydrogen-bond donors (Lipinski definition) is 1. The summed E-state index contributed by atoms with van der Waals surface area (Å²) in [6.07, 6.45) is 0. The lowest BCUT2D eigenvalue weighted by Crippen LogP contribution is -2.15. The summed E-state index contributed by atoms with van der Waals surface area (Å²) >= 11 is 6.04. The van der Waals surface area contributed by atoms with Crippen LogP contribution in [0.1, 0.15) is 17.3 Å². The number of ketones is 1. The van der Waals surface area contributed by atoms with Crippen molar-refractivity contribution in [3.63, 3.8) is 0 Å². The van der Waals surface area contributed by atoms with E-state index in [0.29, 0.717) is 29.5 Å². The molecule has 4 nitrogen and oxygen atoms in total. The fraction of sp³-hybridized carbons (Fsp3) is 0.188. The molecule has 0 saturated heterocycles. The van der Waals surface area contributed by atoms with Gasteiger partial charge in [-0.1, -0.05) is 11.6 Å². The van der Waals surface area contributed by atoms with Crippen molar-refractivity contribution in [3.05, 3.63) is 47.0 Å². The van der Waals surface area contributed by atoms with Gasteiger partial charge in [0.25, 0.3) is 0 Å². The van der Waals surface area contributed by atoms with Gasteiger partial charge in [0.15, 0.2) is 17.3 Å². The Hall–Kier alpha value is -2.20. The molecular formula is C16H14ClNO3.